The van der Waals surface area contributed by atoms with Crippen molar-refractivity contribution in [3.63, 3.8) is 0 Å². The summed E-state index contributed by atoms with van der Waals surface area (Å²) in [5, 5.41) is 8.86. The molecule has 0 spiro atoms. The first kappa shape index (κ1) is 59.1. The van der Waals surface area contributed by atoms with Crippen LogP contribution in [-0.2, 0) is 28.8 Å². The van der Waals surface area contributed by atoms with E-state index >= 15 is 0 Å². The Hall–Kier alpha value is -8.10. The Morgan fingerprint density at radius 3 is 1.60 bits per heavy atom. The number of halogens is 2. The lowest BCUT2D eigenvalue weighted by molar-refractivity contribution is -0.137. The van der Waals surface area contributed by atoms with Crippen molar-refractivity contribution in [2.75, 3.05) is 120 Å². The van der Waals surface area contributed by atoms with Crippen molar-refractivity contribution < 1.29 is 47.8 Å². The summed E-state index contributed by atoms with van der Waals surface area (Å²) >= 11 is 13.2. The molecule has 0 aliphatic carbocycles. The summed E-state index contributed by atoms with van der Waals surface area (Å²) in [5.41, 5.74) is 4.24. The van der Waals surface area contributed by atoms with Crippen LogP contribution in [-0.4, -0.2) is 177 Å². The van der Waals surface area contributed by atoms with Gasteiger partial charge in [-0.15, -0.1) is 23.2 Å². The summed E-state index contributed by atoms with van der Waals surface area (Å²) in [6.07, 6.45) is 9.42. The second kappa shape index (κ2) is 26.6. The van der Waals surface area contributed by atoms with E-state index in [0.717, 1.165) is 58.9 Å². The van der Waals surface area contributed by atoms with E-state index in [1.54, 1.807) is 62.1 Å². The van der Waals surface area contributed by atoms with Crippen LogP contribution >= 0.6 is 23.2 Å². The van der Waals surface area contributed by atoms with Gasteiger partial charge in [0.05, 0.1) is 11.4 Å². The van der Waals surface area contributed by atoms with Crippen LogP contribution in [0.2, 0.25) is 0 Å². The minimum atomic E-state index is -0.472. The van der Waals surface area contributed by atoms with E-state index in [1.165, 1.54) is 29.2 Å². The highest BCUT2D eigenvalue weighted by molar-refractivity contribution is 6.20. The predicted octanol–water partition coefficient (Wildman–Crippen LogP) is 8.18. The van der Waals surface area contributed by atoms with Gasteiger partial charge in [-0.1, -0.05) is 67.1 Å². The minimum Gasteiger partial charge on any atom is -0.409 e. The van der Waals surface area contributed by atoms with Gasteiger partial charge in [0.1, 0.15) is 11.5 Å². The van der Waals surface area contributed by atoms with Crippen LogP contribution in [0, 0.1) is 0 Å². The van der Waals surface area contributed by atoms with Crippen LogP contribution in [0.25, 0.3) is 33.7 Å². The van der Waals surface area contributed by atoms with Gasteiger partial charge in [0, 0.05) is 168 Å². The highest BCUT2D eigenvalue weighted by atomic mass is 35.5. The molecule has 84 heavy (non-hydrogen) atoms. The highest BCUT2D eigenvalue weighted by Gasteiger charge is 2.37. The number of nitrogens with one attached hydrogen (secondary N) is 2. The molecule has 5 heterocycles. The number of carbonyl (C=O) groups excluding carboxylic acids is 8. The van der Waals surface area contributed by atoms with E-state index in [1.807, 2.05) is 62.6 Å². The Balaban J connectivity index is 0.877. The van der Waals surface area contributed by atoms with Crippen LogP contribution in [0.4, 0.5) is 26.7 Å². The average molecular weight is 1180 g/mol. The fraction of sp³-hybridized carbons (Fsp3) is 0.365. The number of carbonyl (C=O) groups is 8. The molecule has 2 fully saturated rings. The number of imide groups is 1. The topological polar surface area (TPSA) is 202 Å². The van der Waals surface area contributed by atoms with Crippen LogP contribution in [0.5, 0.6) is 11.5 Å². The number of benzene rings is 5. The number of ether oxygens (including phenoxy) is 2. The molecule has 1 unspecified atom stereocenters. The number of rotatable bonds is 18. The Morgan fingerprint density at radius 2 is 1.08 bits per heavy atom. The molecule has 5 aliphatic rings. The average Bonchev–Trinajstić information content (AvgIpc) is 2.18. The van der Waals surface area contributed by atoms with Crippen molar-refractivity contribution in [3.8, 4) is 11.5 Å². The normalized spacial score (nSPS) is 18.2. The van der Waals surface area contributed by atoms with Gasteiger partial charge in [-0.25, -0.2) is 9.59 Å². The molecule has 2 N–H and O–H groups in total. The van der Waals surface area contributed by atoms with Gasteiger partial charge in [0.15, 0.2) is 0 Å². The standard InChI is InChI=1S/C63H67Cl2N9O10/c1-68-26-30-70(31-27-68)62(81)83-52-35-50-60(47-12-7-5-10-45(47)52)43(37-64)39-73(50)58(79)19-16-41-15-17-42(49(34-41)67-55(76)23-24-66-54(75)14-4-3-9-25-72-56(77)21-22-57(72)78)18-20-59(80)74-40-44(38-65)61-48-13-8-6-11-46(48)53(36-51(61)74)84-63(82)71-32-28-69(2)29-33-71/h5-8,10-13,15-22,34-36,43-44H,3-4,9,14,23-33,37-40H2,1-2H3,(H,66,75)(H,67,76)/t43-,44?/m1/s1. The second-order valence-corrected chi connectivity index (χ2v) is 22.4. The number of amides is 8. The van der Waals surface area contributed by atoms with Gasteiger partial charge in [-0.3, -0.25) is 33.7 Å². The Bertz CT molecular complexity index is 3480. The molecule has 5 aliphatic heterocycles. The van der Waals surface area contributed by atoms with Gasteiger partial charge in [0.25, 0.3) is 23.6 Å². The molecular formula is C63H67Cl2N9O10. The van der Waals surface area contributed by atoms with E-state index in [2.05, 4.69) is 20.4 Å². The van der Waals surface area contributed by atoms with Crippen LogP contribution < -0.4 is 29.9 Å². The summed E-state index contributed by atoms with van der Waals surface area (Å²) in [4.78, 5) is 118. The number of anilines is 3. The third-order valence-electron chi connectivity index (χ3n) is 16.1. The molecule has 19 nitrogen and oxygen atoms in total. The summed E-state index contributed by atoms with van der Waals surface area (Å²) in [6, 6.07) is 23.9. The van der Waals surface area contributed by atoms with Crippen LogP contribution in [0.1, 0.15) is 66.2 Å². The lowest BCUT2D eigenvalue weighted by Gasteiger charge is -2.31. The monoisotopic (exact) mass is 1180 g/mol. The van der Waals surface area contributed by atoms with E-state index < -0.39 is 18.1 Å². The maximum Gasteiger partial charge on any atom is 0.415 e. The van der Waals surface area contributed by atoms with E-state index in [9.17, 15) is 38.4 Å². The zero-order valence-electron chi connectivity index (χ0n) is 47.0. The van der Waals surface area contributed by atoms with Gasteiger partial charge in [-0.2, -0.15) is 0 Å². The molecule has 21 heteroatoms. The summed E-state index contributed by atoms with van der Waals surface area (Å²) in [7, 11) is 4.01. The molecule has 0 bridgehead atoms. The zero-order valence-corrected chi connectivity index (χ0v) is 48.5. The molecule has 2 atom stereocenters. The number of hydrogen-bond acceptors (Lipinski definition) is 12. The molecule has 8 amide bonds. The summed E-state index contributed by atoms with van der Waals surface area (Å²) < 4.78 is 12.2. The number of unbranched alkanes of at least 4 members (excludes halogenated alkanes) is 2. The first-order valence-electron chi connectivity index (χ1n) is 28.4. The fourth-order valence-corrected chi connectivity index (χ4v) is 11.9. The Labute approximate surface area is 497 Å². The fourth-order valence-electron chi connectivity index (χ4n) is 11.4. The third-order valence-corrected chi connectivity index (χ3v) is 16.9. The van der Waals surface area contributed by atoms with Crippen molar-refractivity contribution in [1.29, 1.82) is 0 Å². The third kappa shape index (κ3) is 13.3. The number of hydrogen-bond donors (Lipinski definition) is 2. The quantitative estimate of drug-likeness (QED) is 0.0369. The van der Waals surface area contributed by atoms with Crippen molar-refractivity contribution >= 4 is 122 Å². The van der Waals surface area contributed by atoms with Crippen LogP contribution in [0.15, 0.2) is 103 Å². The van der Waals surface area contributed by atoms with E-state index in [-0.39, 0.29) is 92.2 Å². The lowest BCUT2D eigenvalue weighted by Crippen LogP contribution is -2.48. The van der Waals surface area contributed by atoms with Gasteiger partial charge in [-0.05, 0) is 78.2 Å². The summed E-state index contributed by atoms with van der Waals surface area (Å²) in [6.45, 7) is 5.83. The second-order valence-electron chi connectivity index (χ2n) is 21.8. The molecule has 438 valence electrons. The Kier molecular flexibility index (Phi) is 18.7. The highest BCUT2D eigenvalue weighted by Crippen LogP contribution is 2.47. The van der Waals surface area contributed by atoms with Gasteiger partial charge >= 0.3 is 12.2 Å². The number of nitrogens with zero attached hydrogens (tertiary/aromatic N) is 7. The molecule has 10 rings (SSSR count). The SMILES string of the molecule is CN1CCN(C(=O)Oc2cc3c(c4ccccc24)C(CCl)CN3C(=O)C=Cc2ccc(C=CC(=O)N3C[C@@H](CCl)c4c3cc(OC(=O)N3CCN(C)CC3)c3ccccc43)cc2NC(=O)CCNC(=O)CCCCCN2C(=O)C=CC2=O)CC1. The number of fused-ring (bicyclic) bond motifs is 6. The van der Waals surface area contributed by atoms with Crippen molar-refractivity contribution in [3.05, 3.63) is 125 Å². The molecule has 2 saturated heterocycles. The summed E-state index contributed by atoms with van der Waals surface area (Å²) in [5.74, 6) is -1.42. The molecule has 0 aromatic heterocycles. The lowest BCUT2D eigenvalue weighted by atomic mass is 9.95. The first-order chi connectivity index (χ1) is 40.7. The number of likely N-dealkylation sites (N-methyl/N-ethyl adjacent to an activating group) is 2. The Morgan fingerprint density at radius 1 is 0.583 bits per heavy atom. The maximum atomic E-state index is 14.5. The maximum absolute atomic E-state index is 14.5. The van der Waals surface area contributed by atoms with Crippen molar-refractivity contribution in [2.24, 2.45) is 0 Å². The van der Waals surface area contributed by atoms with Gasteiger partial charge < -0.3 is 49.5 Å². The largest absolute Gasteiger partial charge is 0.415 e. The van der Waals surface area contributed by atoms with E-state index in [4.69, 9.17) is 32.7 Å². The minimum absolute atomic E-state index is 0.0367. The van der Waals surface area contributed by atoms with Crippen molar-refractivity contribution in [2.45, 2.75) is 43.9 Å². The zero-order chi connectivity index (χ0) is 59.0. The van der Waals surface area contributed by atoms with Gasteiger partial charge in [0.2, 0.25) is 11.8 Å². The number of piperazine rings is 2. The number of alkyl halides is 2. The molecule has 5 aromatic rings. The molecule has 0 radical (unpaired) electrons. The molecular weight excluding hydrogens is 1110 g/mol. The van der Waals surface area contributed by atoms with Crippen LogP contribution in [0.3, 0.4) is 0 Å². The first-order valence-corrected chi connectivity index (χ1v) is 29.5. The predicted molar refractivity (Wildman–Crippen MR) is 325 cm³/mol. The smallest absolute Gasteiger partial charge is 0.409 e. The van der Waals surface area contributed by atoms with Crippen molar-refractivity contribution in [1.82, 2.24) is 29.8 Å². The van der Waals surface area contributed by atoms with E-state index in [0.29, 0.717) is 85.1 Å². The molecule has 0 saturated carbocycles. The molecule has 5 aromatic carbocycles.